The second-order valence-corrected chi connectivity index (χ2v) is 15.3. The first-order chi connectivity index (χ1) is 8.45. The van der Waals surface area contributed by atoms with E-state index in [1.165, 1.54) is 12.1 Å². The quantitative estimate of drug-likeness (QED) is 0.545. The molecule has 0 aliphatic carbocycles. The highest BCUT2D eigenvalue weighted by Crippen LogP contribution is 2.21. The second-order valence-electron chi connectivity index (χ2n) is 5.85. The molecule has 0 radical (unpaired) electrons. The molecule has 0 rings (SSSR count). The molecule has 0 fully saturated rings. The highest BCUT2D eigenvalue weighted by atomic mass is 28.3. The molecule has 0 saturated carbocycles. The molecule has 0 saturated heterocycles. The summed E-state index contributed by atoms with van der Waals surface area (Å²) in [4.78, 5) is 0. The monoisotopic (exact) mass is 294 g/mol. The molecule has 0 bridgehead atoms. The summed E-state index contributed by atoms with van der Waals surface area (Å²) in [6.45, 7) is 4.71. The summed E-state index contributed by atoms with van der Waals surface area (Å²) >= 11 is 0. The van der Waals surface area contributed by atoms with Crippen LogP contribution in [0.1, 0.15) is 0 Å². The van der Waals surface area contributed by atoms with Crippen molar-refractivity contribution in [3.8, 4) is 0 Å². The van der Waals surface area contributed by atoms with Crippen LogP contribution < -0.4 is 0 Å². The summed E-state index contributed by atoms with van der Waals surface area (Å²) in [5.41, 5.74) is 0. The fourth-order valence-corrected chi connectivity index (χ4v) is 10.7. The van der Waals surface area contributed by atoms with Crippen LogP contribution >= 0.6 is 0 Å². The first-order valence-corrected chi connectivity index (χ1v) is 12.7. The van der Waals surface area contributed by atoms with E-state index in [2.05, 4.69) is 13.1 Å². The van der Waals surface area contributed by atoms with E-state index < -0.39 is 16.1 Å². The van der Waals surface area contributed by atoms with Crippen molar-refractivity contribution in [2.75, 3.05) is 53.4 Å². The van der Waals surface area contributed by atoms with E-state index >= 15 is 0 Å². The second kappa shape index (κ2) is 9.22. The number of ether oxygens (including phenoxy) is 4. The largest absolute Gasteiger partial charge is 0.388 e. The molecule has 18 heavy (non-hydrogen) atoms. The summed E-state index contributed by atoms with van der Waals surface area (Å²) in [6, 6.07) is 2.45. The molecule has 0 aliphatic rings. The highest BCUT2D eigenvalue weighted by Gasteiger charge is 2.34. The van der Waals surface area contributed by atoms with Crippen LogP contribution in [0.3, 0.4) is 0 Å². The van der Waals surface area contributed by atoms with E-state index in [4.69, 9.17) is 18.9 Å². The molecular formula is C12H30O4Si2. The molecule has 0 aromatic rings. The molecule has 6 heteroatoms. The van der Waals surface area contributed by atoms with Gasteiger partial charge in [-0.3, -0.25) is 0 Å². The van der Waals surface area contributed by atoms with Crippen LogP contribution in [0.15, 0.2) is 0 Å². The minimum atomic E-state index is -1.44. The Kier molecular flexibility index (Phi) is 9.36. The van der Waals surface area contributed by atoms with Gasteiger partial charge < -0.3 is 18.9 Å². The maximum absolute atomic E-state index is 5.38. The number of rotatable bonds is 11. The zero-order valence-corrected chi connectivity index (χ0v) is 14.9. The van der Waals surface area contributed by atoms with Crippen LogP contribution in [0.25, 0.3) is 0 Å². The van der Waals surface area contributed by atoms with Crippen molar-refractivity contribution in [2.45, 2.75) is 25.2 Å². The topological polar surface area (TPSA) is 36.9 Å². The van der Waals surface area contributed by atoms with Crippen molar-refractivity contribution < 1.29 is 18.9 Å². The van der Waals surface area contributed by atoms with Crippen molar-refractivity contribution in [2.24, 2.45) is 0 Å². The lowest BCUT2D eigenvalue weighted by Gasteiger charge is -2.31. The number of methoxy groups -OCH3 is 4. The van der Waals surface area contributed by atoms with Crippen molar-refractivity contribution in [1.82, 2.24) is 0 Å². The lowest BCUT2D eigenvalue weighted by atomic mass is 10.9. The van der Waals surface area contributed by atoms with Gasteiger partial charge in [-0.25, -0.2) is 0 Å². The summed E-state index contributed by atoms with van der Waals surface area (Å²) in [5, 5.41) is 0. The zero-order chi connectivity index (χ0) is 14.1. The van der Waals surface area contributed by atoms with Crippen molar-refractivity contribution in [3.05, 3.63) is 0 Å². The van der Waals surface area contributed by atoms with E-state index in [1.54, 1.807) is 28.4 Å². The number of hydrogen-bond acceptors (Lipinski definition) is 4. The summed E-state index contributed by atoms with van der Waals surface area (Å²) in [7, 11) is 4.24. The molecule has 0 aromatic heterocycles. The van der Waals surface area contributed by atoms with Crippen LogP contribution in [-0.2, 0) is 18.9 Å². The SMILES string of the molecule is COC[Si](C)(CC[Si](C)(COC)COC)COC. The fraction of sp³-hybridized carbons (Fsp3) is 1.00. The first kappa shape index (κ1) is 18.3. The maximum atomic E-state index is 5.38. The van der Waals surface area contributed by atoms with Crippen LogP contribution in [-0.4, -0.2) is 69.5 Å². The fourth-order valence-electron chi connectivity index (χ4n) is 2.37. The Labute approximate surface area is 114 Å². The van der Waals surface area contributed by atoms with Crippen molar-refractivity contribution in [1.29, 1.82) is 0 Å². The highest BCUT2D eigenvalue weighted by molar-refractivity contribution is 6.83. The lowest BCUT2D eigenvalue weighted by Crippen LogP contribution is -2.48. The molecule has 4 nitrogen and oxygen atoms in total. The van der Waals surface area contributed by atoms with Crippen LogP contribution in [0, 0.1) is 0 Å². The Bertz CT molecular complexity index is 180. The van der Waals surface area contributed by atoms with Crippen LogP contribution in [0.5, 0.6) is 0 Å². The molecular weight excluding hydrogens is 264 g/mol. The van der Waals surface area contributed by atoms with Gasteiger partial charge in [0, 0.05) is 53.4 Å². The molecule has 0 unspecified atom stereocenters. The lowest BCUT2D eigenvalue weighted by molar-refractivity contribution is 0.214. The molecule has 0 aliphatic heterocycles. The van der Waals surface area contributed by atoms with E-state index in [0.717, 1.165) is 24.9 Å². The minimum Gasteiger partial charge on any atom is -0.388 e. The summed E-state index contributed by atoms with van der Waals surface area (Å²) in [5.74, 6) is 0. The summed E-state index contributed by atoms with van der Waals surface area (Å²) < 4.78 is 21.5. The molecule has 0 amide bonds. The number of hydrogen-bond donors (Lipinski definition) is 0. The Morgan fingerprint density at radius 2 is 0.778 bits per heavy atom. The first-order valence-electron chi connectivity index (χ1n) is 6.41. The normalized spacial score (nSPS) is 13.0. The van der Waals surface area contributed by atoms with Crippen molar-refractivity contribution in [3.63, 3.8) is 0 Å². The molecule has 0 heterocycles. The van der Waals surface area contributed by atoms with Gasteiger partial charge in [0.1, 0.15) is 16.1 Å². The third-order valence-corrected chi connectivity index (χ3v) is 10.7. The third-order valence-electron chi connectivity index (χ3n) is 3.30. The van der Waals surface area contributed by atoms with Gasteiger partial charge in [-0.05, 0) is 0 Å². The predicted octanol–water partition coefficient (Wildman–Crippen LogP) is 1.89. The van der Waals surface area contributed by atoms with Gasteiger partial charge in [-0.15, -0.1) is 0 Å². The van der Waals surface area contributed by atoms with Crippen LogP contribution in [0.2, 0.25) is 25.2 Å². The van der Waals surface area contributed by atoms with Gasteiger partial charge in [0.25, 0.3) is 0 Å². The Balaban J connectivity index is 4.44. The van der Waals surface area contributed by atoms with Gasteiger partial charge in [0.2, 0.25) is 0 Å². The standard InChI is InChI=1S/C12H30O4Si2/c1-13-9-17(5,10-14-2)7-8-18(6,11-15-3)12-16-4/h7-12H2,1-6H3. The summed E-state index contributed by atoms with van der Waals surface area (Å²) in [6.07, 6.45) is 3.47. The Hall–Kier alpha value is 0.274. The van der Waals surface area contributed by atoms with Gasteiger partial charge in [0.15, 0.2) is 0 Å². The molecule has 110 valence electrons. The molecule has 0 spiro atoms. The van der Waals surface area contributed by atoms with Gasteiger partial charge >= 0.3 is 0 Å². The minimum absolute atomic E-state index is 0.866. The zero-order valence-electron chi connectivity index (χ0n) is 12.9. The van der Waals surface area contributed by atoms with Crippen LogP contribution in [0.4, 0.5) is 0 Å². The Morgan fingerprint density at radius 1 is 0.556 bits per heavy atom. The third kappa shape index (κ3) is 7.01. The van der Waals surface area contributed by atoms with E-state index in [9.17, 15) is 0 Å². The average molecular weight is 295 g/mol. The maximum Gasteiger partial charge on any atom is 0.109 e. The van der Waals surface area contributed by atoms with E-state index in [-0.39, 0.29) is 0 Å². The van der Waals surface area contributed by atoms with E-state index in [1.807, 2.05) is 0 Å². The Morgan fingerprint density at radius 3 is 0.944 bits per heavy atom. The molecule has 0 atom stereocenters. The van der Waals surface area contributed by atoms with Crippen molar-refractivity contribution >= 4 is 16.1 Å². The van der Waals surface area contributed by atoms with E-state index in [0.29, 0.717) is 0 Å². The van der Waals surface area contributed by atoms with Gasteiger partial charge in [0.05, 0.1) is 0 Å². The molecule has 0 N–H and O–H groups in total. The smallest absolute Gasteiger partial charge is 0.109 e. The average Bonchev–Trinajstić information content (AvgIpc) is 2.28. The predicted molar refractivity (Wildman–Crippen MR) is 80.4 cm³/mol. The molecule has 0 aromatic carbocycles. The van der Waals surface area contributed by atoms with Gasteiger partial charge in [-0.2, -0.15) is 0 Å². The van der Waals surface area contributed by atoms with Gasteiger partial charge in [-0.1, -0.05) is 25.2 Å².